The second-order valence-electron chi connectivity index (χ2n) is 8.16. The van der Waals surface area contributed by atoms with Gasteiger partial charge in [-0.15, -0.1) is 10.2 Å². The quantitative estimate of drug-likeness (QED) is 0.279. The van der Waals surface area contributed by atoms with Crippen LogP contribution in [-0.4, -0.2) is 32.3 Å². The molecule has 1 heterocycles. The number of anilines is 1. The molecule has 2 N–H and O–H groups in total. The third-order valence-corrected chi connectivity index (χ3v) is 7.18. The van der Waals surface area contributed by atoms with Crippen LogP contribution in [0.25, 0.3) is 0 Å². The number of halogens is 3. The summed E-state index contributed by atoms with van der Waals surface area (Å²) in [4.78, 5) is 25.5. The minimum atomic E-state index is -0.375. The Labute approximate surface area is 223 Å². The van der Waals surface area contributed by atoms with E-state index in [1.54, 1.807) is 42.5 Å². The van der Waals surface area contributed by atoms with Crippen LogP contribution in [0.2, 0.25) is 15.1 Å². The number of aromatic nitrogens is 3. The van der Waals surface area contributed by atoms with Gasteiger partial charge in [0.2, 0.25) is 5.91 Å². The number of carbonyl (C=O) groups is 2. The van der Waals surface area contributed by atoms with Crippen LogP contribution in [0.5, 0.6) is 0 Å². The molecular weight excluding hydrogens is 529 g/mol. The predicted octanol–water partition coefficient (Wildman–Crippen LogP) is 6.51. The first-order valence-electron chi connectivity index (χ1n) is 11.1. The van der Waals surface area contributed by atoms with E-state index in [2.05, 4.69) is 34.7 Å². The molecule has 0 aliphatic rings. The molecule has 0 saturated heterocycles. The molecule has 0 bridgehead atoms. The van der Waals surface area contributed by atoms with E-state index in [0.717, 1.165) is 0 Å². The monoisotopic (exact) mass is 553 g/mol. The first-order chi connectivity index (χ1) is 16.7. The van der Waals surface area contributed by atoms with Gasteiger partial charge in [-0.3, -0.25) is 9.59 Å². The molecule has 0 aliphatic carbocycles. The van der Waals surface area contributed by atoms with Gasteiger partial charge in [0, 0.05) is 6.54 Å². The Kier molecular flexibility index (Phi) is 9.86. The molecule has 7 nitrogen and oxygen atoms in total. The molecule has 2 aromatic carbocycles. The SMILES string of the molecule is CCn1c(SCC(=O)Nc2cccc(Cl)c2Cl)nnc1[C@H](CC(C)C)NC(=O)c1ccccc1Cl. The minimum absolute atomic E-state index is 0.0990. The molecule has 0 aliphatic heterocycles. The Hall–Kier alpha value is -2.26. The van der Waals surface area contributed by atoms with Gasteiger partial charge in [-0.05, 0) is 43.5 Å². The van der Waals surface area contributed by atoms with Crippen LogP contribution < -0.4 is 10.6 Å². The maximum Gasteiger partial charge on any atom is 0.253 e. The third kappa shape index (κ3) is 7.13. The minimum Gasteiger partial charge on any atom is -0.342 e. The Morgan fingerprint density at radius 1 is 1.03 bits per heavy atom. The summed E-state index contributed by atoms with van der Waals surface area (Å²) in [6.45, 7) is 6.68. The van der Waals surface area contributed by atoms with Gasteiger partial charge in [0.25, 0.3) is 5.91 Å². The van der Waals surface area contributed by atoms with E-state index in [9.17, 15) is 9.59 Å². The van der Waals surface area contributed by atoms with Crippen molar-refractivity contribution in [3.8, 4) is 0 Å². The molecule has 0 unspecified atom stereocenters. The Balaban J connectivity index is 1.75. The molecule has 3 aromatic rings. The number of rotatable bonds is 10. The van der Waals surface area contributed by atoms with Crippen LogP contribution >= 0.6 is 46.6 Å². The molecule has 1 atom stereocenters. The van der Waals surface area contributed by atoms with E-state index in [-0.39, 0.29) is 34.5 Å². The summed E-state index contributed by atoms with van der Waals surface area (Å²) in [5, 5.41) is 16.1. The second kappa shape index (κ2) is 12.6. The number of amides is 2. The fraction of sp³-hybridized carbons (Fsp3) is 0.333. The average Bonchev–Trinajstić information content (AvgIpc) is 3.23. The summed E-state index contributed by atoms with van der Waals surface area (Å²) in [5.74, 6) is 0.484. The Morgan fingerprint density at radius 3 is 2.43 bits per heavy atom. The van der Waals surface area contributed by atoms with Crippen molar-refractivity contribution >= 4 is 64.1 Å². The maximum absolute atomic E-state index is 12.9. The fourth-order valence-corrected chi connectivity index (χ4v) is 4.84. The van der Waals surface area contributed by atoms with Gasteiger partial charge in [0.15, 0.2) is 11.0 Å². The van der Waals surface area contributed by atoms with Crippen LogP contribution in [0, 0.1) is 5.92 Å². The molecule has 0 radical (unpaired) electrons. The van der Waals surface area contributed by atoms with Gasteiger partial charge >= 0.3 is 0 Å². The molecular formula is C24H26Cl3N5O2S. The van der Waals surface area contributed by atoms with Crippen LogP contribution in [-0.2, 0) is 11.3 Å². The first kappa shape index (κ1) is 27.3. The number of nitrogens with one attached hydrogen (secondary N) is 2. The number of nitrogens with zero attached hydrogens (tertiary/aromatic N) is 3. The third-order valence-electron chi connectivity index (χ3n) is 5.06. The van der Waals surface area contributed by atoms with E-state index in [1.807, 2.05) is 11.5 Å². The number of thioether (sulfide) groups is 1. The lowest BCUT2D eigenvalue weighted by molar-refractivity contribution is -0.113. The summed E-state index contributed by atoms with van der Waals surface area (Å²) in [5.41, 5.74) is 0.845. The molecule has 0 saturated carbocycles. The smallest absolute Gasteiger partial charge is 0.253 e. The molecule has 0 fully saturated rings. The van der Waals surface area contributed by atoms with E-state index in [1.165, 1.54) is 11.8 Å². The Morgan fingerprint density at radius 2 is 1.74 bits per heavy atom. The number of hydrogen-bond donors (Lipinski definition) is 2. The van der Waals surface area contributed by atoms with Gasteiger partial charge in [-0.1, -0.05) is 78.6 Å². The fourth-order valence-electron chi connectivity index (χ4n) is 3.46. The number of benzene rings is 2. The molecule has 0 spiro atoms. The normalized spacial score (nSPS) is 12.0. The van der Waals surface area contributed by atoms with E-state index >= 15 is 0 Å². The topological polar surface area (TPSA) is 88.9 Å². The van der Waals surface area contributed by atoms with Crippen molar-refractivity contribution < 1.29 is 9.59 Å². The van der Waals surface area contributed by atoms with E-state index < -0.39 is 0 Å². The lowest BCUT2D eigenvalue weighted by Gasteiger charge is -2.21. The highest BCUT2D eigenvalue weighted by molar-refractivity contribution is 7.99. The van der Waals surface area contributed by atoms with Gasteiger partial charge < -0.3 is 15.2 Å². The zero-order chi connectivity index (χ0) is 25.5. The van der Waals surface area contributed by atoms with E-state index in [4.69, 9.17) is 34.8 Å². The number of carbonyl (C=O) groups excluding carboxylic acids is 2. The number of hydrogen-bond acceptors (Lipinski definition) is 5. The van der Waals surface area contributed by atoms with Crippen molar-refractivity contribution in [1.29, 1.82) is 0 Å². The zero-order valence-corrected chi connectivity index (χ0v) is 22.6. The van der Waals surface area contributed by atoms with Crippen molar-refractivity contribution in [3.05, 3.63) is 68.9 Å². The second-order valence-corrected chi connectivity index (χ2v) is 10.3. The average molecular weight is 555 g/mol. The van der Waals surface area contributed by atoms with E-state index in [0.29, 0.717) is 45.2 Å². The van der Waals surface area contributed by atoms with Gasteiger partial charge in [-0.25, -0.2) is 0 Å². The highest BCUT2D eigenvalue weighted by Crippen LogP contribution is 2.30. The van der Waals surface area contributed by atoms with Crippen LogP contribution in [0.4, 0.5) is 5.69 Å². The zero-order valence-electron chi connectivity index (χ0n) is 19.5. The van der Waals surface area contributed by atoms with Crippen molar-refractivity contribution in [3.63, 3.8) is 0 Å². The molecule has 35 heavy (non-hydrogen) atoms. The summed E-state index contributed by atoms with van der Waals surface area (Å²) >= 11 is 19.6. The lowest BCUT2D eigenvalue weighted by Crippen LogP contribution is -2.31. The molecule has 1 aromatic heterocycles. The van der Waals surface area contributed by atoms with Crippen molar-refractivity contribution in [2.24, 2.45) is 5.92 Å². The standard InChI is InChI=1S/C24H26Cl3N5O2S/c1-4-32-22(19(12-14(2)3)29-23(34)15-8-5-6-9-16(15)25)30-31-24(32)35-13-20(33)28-18-11-7-10-17(26)21(18)27/h5-11,14,19H,4,12-13H2,1-3H3,(H,28,33)(H,29,34)/t19-/m0/s1. The van der Waals surface area contributed by atoms with Crippen molar-refractivity contribution in [1.82, 2.24) is 20.1 Å². The Bertz CT molecular complexity index is 1200. The highest BCUT2D eigenvalue weighted by Gasteiger charge is 2.25. The molecule has 2 amide bonds. The van der Waals surface area contributed by atoms with Crippen molar-refractivity contribution in [2.45, 2.75) is 44.9 Å². The maximum atomic E-state index is 12.9. The molecule has 3 rings (SSSR count). The molecule has 11 heteroatoms. The van der Waals surface area contributed by atoms with Gasteiger partial charge in [0.05, 0.1) is 38.1 Å². The van der Waals surface area contributed by atoms with Crippen molar-refractivity contribution in [2.75, 3.05) is 11.1 Å². The van der Waals surface area contributed by atoms with Crippen LogP contribution in [0.1, 0.15) is 49.4 Å². The predicted molar refractivity (Wildman–Crippen MR) is 143 cm³/mol. The van der Waals surface area contributed by atoms with Gasteiger partial charge in [0.1, 0.15) is 0 Å². The van der Waals surface area contributed by atoms with Crippen LogP contribution in [0.15, 0.2) is 47.6 Å². The first-order valence-corrected chi connectivity index (χ1v) is 13.2. The summed E-state index contributed by atoms with van der Waals surface area (Å²) in [7, 11) is 0. The lowest BCUT2D eigenvalue weighted by atomic mass is 10.0. The van der Waals surface area contributed by atoms with Crippen LogP contribution in [0.3, 0.4) is 0 Å². The largest absolute Gasteiger partial charge is 0.342 e. The molecule has 186 valence electrons. The summed E-state index contributed by atoms with van der Waals surface area (Å²) in [6, 6.07) is 11.6. The van der Waals surface area contributed by atoms with Gasteiger partial charge in [-0.2, -0.15) is 0 Å². The highest BCUT2D eigenvalue weighted by atomic mass is 35.5. The summed E-state index contributed by atoms with van der Waals surface area (Å²) in [6.07, 6.45) is 0.659. The summed E-state index contributed by atoms with van der Waals surface area (Å²) < 4.78 is 1.91.